The summed E-state index contributed by atoms with van der Waals surface area (Å²) in [7, 11) is 0. The van der Waals surface area contributed by atoms with Gasteiger partial charge >= 0.3 is 0 Å². The number of halogens is 2. The van der Waals surface area contributed by atoms with Crippen molar-refractivity contribution in [2.75, 3.05) is 11.8 Å². The monoisotopic (exact) mass is 290 g/mol. The number of hydrogen-bond acceptors (Lipinski definition) is 3. The van der Waals surface area contributed by atoms with Crippen LogP contribution >= 0.6 is 23.2 Å². The third-order valence-electron chi connectivity index (χ3n) is 2.35. The van der Waals surface area contributed by atoms with E-state index in [1.165, 1.54) is 24.3 Å². The summed E-state index contributed by atoms with van der Waals surface area (Å²) in [5.74, 6) is -0.0153. The summed E-state index contributed by atoms with van der Waals surface area (Å²) < 4.78 is 0. The number of benzene rings is 1. The van der Waals surface area contributed by atoms with Gasteiger partial charge in [-0.3, -0.25) is 14.9 Å². The van der Waals surface area contributed by atoms with E-state index in [-0.39, 0.29) is 23.4 Å². The first kappa shape index (κ1) is 14.7. The number of hydrogen-bond donors (Lipinski definition) is 1. The molecule has 5 nitrogen and oxygen atoms in total. The number of rotatable bonds is 5. The lowest BCUT2D eigenvalue weighted by atomic mass is 10.1. The zero-order chi connectivity index (χ0) is 13.8. The Hall–Kier alpha value is -1.33. The largest absolute Gasteiger partial charge is 0.344 e. The lowest BCUT2D eigenvalue weighted by Crippen LogP contribution is -2.49. The van der Waals surface area contributed by atoms with E-state index in [0.717, 1.165) is 0 Å². The molecule has 0 aliphatic heterocycles. The average molecular weight is 291 g/mol. The second-order valence-electron chi connectivity index (χ2n) is 4.09. The van der Waals surface area contributed by atoms with Crippen molar-refractivity contribution in [2.24, 2.45) is 0 Å². The maximum Gasteiger partial charge on any atom is 0.269 e. The van der Waals surface area contributed by atoms with Gasteiger partial charge in [-0.1, -0.05) is 0 Å². The van der Waals surface area contributed by atoms with E-state index >= 15 is 0 Å². The molecule has 0 fully saturated rings. The molecule has 0 atom stereocenters. The highest BCUT2D eigenvalue weighted by molar-refractivity contribution is 6.22. The maximum atomic E-state index is 11.9. The van der Waals surface area contributed by atoms with Crippen LogP contribution in [-0.4, -0.2) is 28.1 Å². The molecule has 0 saturated carbocycles. The average Bonchev–Trinajstić information content (AvgIpc) is 2.38. The molecule has 0 bridgehead atoms. The number of carbonyl (C=O) groups excluding carboxylic acids is 1. The third-order valence-corrected chi connectivity index (χ3v) is 3.53. The second kappa shape index (κ2) is 6.02. The van der Waals surface area contributed by atoms with E-state index in [1.54, 1.807) is 6.92 Å². The summed E-state index contributed by atoms with van der Waals surface area (Å²) in [5.41, 5.74) is -0.451. The Labute approximate surface area is 114 Å². The van der Waals surface area contributed by atoms with Crippen molar-refractivity contribution in [1.82, 2.24) is 5.32 Å². The van der Waals surface area contributed by atoms with Crippen LogP contribution in [0.4, 0.5) is 5.69 Å². The lowest BCUT2D eigenvalue weighted by molar-refractivity contribution is -0.384. The summed E-state index contributed by atoms with van der Waals surface area (Å²) in [5, 5.41) is 13.2. The third kappa shape index (κ3) is 3.58. The minimum Gasteiger partial charge on any atom is -0.344 e. The summed E-state index contributed by atoms with van der Waals surface area (Å²) in [6, 6.07) is 5.31. The zero-order valence-electron chi connectivity index (χ0n) is 9.65. The van der Waals surface area contributed by atoms with Crippen LogP contribution in [0.2, 0.25) is 0 Å². The van der Waals surface area contributed by atoms with E-state index in [0.29, 0.717) is 5.56 Å². The van der Waals surface area contributed by atoms with E-state index in [4.69, 9.17) is 23.2 Å². The fraction of sp³-hybridized carbons (Fsp3) is 0.364. The fourth-order valence-electron chi connectivity index (χ4n) is 1.18. The van der Waals surface area contributed by atoms with Crippen LogP contribution in [0.3, 0.4) is 0 Å². The number of carbonyl (C=O) groups is 1. The smallest absolute Gasteiger partial charge is 0.269 e. The van der Waals surface area contributed by atoms with Crippen molar-refractivity contribution >= 4 is 34.8 Å². The van der Waals surface area contributed by atoms with Crippen LogP contribution in [0.1, 0.15) is 17.3 Å². The normalized spacial score (nSPS) is 11.1. The van der Waals surface area contributed by atoms with E-state index in [1.807, 2.05) is 0 Å². The SMILES string of the molecule is CC(CCl)(CCl)NC(=O)c1ccc([N+](=O)[O-])cc1. The van der Waals surface area contributed by atoms with Crippen molar-refractivity contribution in [3.05, 3.63) is 39.9 Å². The number of non-ortho nitro benzene ring substituents is 1. The van der Waals surface area contributed by atoms with Gasteiger partial charge in [0.05, 0.1) is 10.5 Å². The van der Waals surface area contributed by atoms with Crippen LogP contribution in [0.15, 0.2) is 24.3 Å². The summed E-state index contributed by atoms with van der Waals surface area (Å²) in [6.07, 6.45) is 0. The molecule has 1 aromatic rings. The number of nitro benzene ring substituents is 1. The first-order chi connectivity index (χ1) is 8.41. The van der Waals surface area contributed by atoms with Crippen LogP contribution in [-0.2, 0) is 0 Å². The predicted molar refractivity (Wildman–Crippen MR) is 70.4 cm³/mol. The van der Waals surface area contributed by atoms with Crippen molar-refractivity contribution in [3.63, 3.8) is 0 Å². The quantitative estimate of drug-likeness (QED) is 0.515. The van der Waals surface area contributed by atoms with Gasteiger partial charge in [-0.2, -0.15) is 0 Å². The van der Waals surface area contributed by atoms with Crippen LogP contribution in [0.25, 0.3) is 0 Å². The number of alkyl halides is 2. The molecule has 0 aliphatic carbocycles. The van der Waals surface area contributed by atoms with E-state index < -0.39 is 10.5 Å². The van der Waals surface area contributed by atoms with Gasteiger partial charge in [0.2, 0.25) is 0 Å². The van der Waals surface area contributed by atoms with E-state index in [9.17, 15) is 14.9 Å². The Morgan fingerprint density at radius 2 is 1.83 bits per heavy atom. The minimum absolute atomic E-state index is 0.0657. The highest BCUT2D eigenvalue weighted by atomic mass is 35.5. The highest BCUT2D eigenvalue weighted by Gasteiger charge is 2.25. The van der Waals surface area contributed by atoms with Gasteiger partial charge in [0.25, 0.3) is 11.6 Å². The minimum atomic E-state index is -0.706. The molecular formula is C11H12Cl2N2O3. The summed E-state index contributed by atoms with van der Waals surface area (Å²) in [6.45, 7) is 1.72. The Morgan fingerprint density at radius 3 is 2.22 bits per heavy atom. The molecule has 1 N–H and O–H groups in total. The van der Waals surface area contributed by atoms with Crippen LogP contribution < -0.4 is 5.32 Å². The number of nitro groups is 1. The highest BCUT2D eigenvalue weighted by Crippen LogP contribution is 2.14. The standard InChI is InChI=1S/C11H12Cl2N2O3/c1-11(6-12,7-13)14-10(16)8-2-4-9(5-3-8)15(17)18/h2-5H,6-7H2,1H3,(H,14,16). The maximum absolute atomic E-state index is 11.9. The van der Waals surface area contributed by atoms with Gasteiger partial charge in [0.1, 0.15) is 0 Å². The van der Waals surface area contributed by atoms with Crippen molar-refractivity contribution < 1.29 is 9.72 Å². The van der Waals surface area contributed by atoms with Gasteiger partial charge in [0, 0.05) is 29.5 Å². The summed E-state index contributed by atoms with van der Waals surface area (Å²) >= 11 is 11.4. The van der Waals surface area contributed by atoms with Gasteiger partial charge in [-0.15, -0.1) is 23.2 Å². The zero-order valence-corrected chi connectivity index (χ0v) is 11.2. The first-order valence-corrected chi connectivity index (χ1v) is 6.17. The predicted octanol–water partition coefficient (Wildman–Crippen LogP) is 2.56. The molecule has 0 heterocycles. The molecule has 1 amide bonds. The Bertz CT molecular complexity index is 444. The molecule has 0 aliphatic rings. The lowest BCUT2D eigenvalue weighted by Gasteiger charge is -2.25. The first-order valence-electron chi connectivity index (χ1n) is 5.11. The molecular weight excluding hydrogens is 279 g/mol. The van der Waals surface area contributed by atoms with Crippen molar-refractivity contribution in [3.8, 4) is 0 Å². The van der Waals surface area contributed by atoms with Crippen LogP contribution in [0, 0.1) is 10.1 Å². The van der Waals surface area contributed by atoms with Gasteiger partial charge in [-0.05, 0) is 19.1 Å². The molecule has 1 aromatic carbocycles. The molecule has 98 valence electrons. The molecule has 0 radical (unpaired) electrons. The molecule has 1 rings (SSSR count). The van der Waals surface area contributed by atoms with Gasteiger partial charge in [0.15, 0.2) is 0 Å². The summed E-state index contributed by atoms with van der Waals surface area (Å²) in [4.78, 5) is 21.8. The number of nitrogens with zero attached hydrogens (tertiary/aromatic N) is 1. The molecule has 0 saturated heterocycles. The Kier molecular flexibility index (Phi) is 4.93. The second-order valence-corrected chi connectivity index (χ2v) is 4.62. The van der Waals surface area contributed by atoms with Crippen molar-refractivity contribution in [2.45, 2.75) is 12.5 Å². The molecule has 18 heavy (non-hydrogen) atoms. The van der Waals surface area contributed by atoms with E-state index in [2.05, 4.69) is 5.32 Å². The van der Waals surface area contributed by atoms with Gasteiger partial charge < -0.3 is 5.32 Å². The fourth-order valence-corrected chi connectivity index (χ4v) is 1.60. The molecule has 0 aromatic heterocycles. The Balaban J connectivity index is 2.82. The number of amides is 1. The molecule has 0 unspecified atom stereocenters. The molecule has 0 spiro atoms. The topological polar surface area (TPSA) is 72.2 Å². The molecule has 7 heteroatoms. The Morgan fingerprint density at radius 1 is 1.33 bits per heavy atom. The van der Waals surface area contributed by atoms with Gasteiger partial charge in [-0.25, -0.2) is 0 Å². The van der Waals surface area contributed by atoms with Crippen molar-refractivity contribution in [1.29, 1.82) is 0 Å². The van der Waals surface area contributed by atoms with Crippen LogP contribution in [0.5, 0.6) is 0 Å². The number of nitrogens with one attached hydrogen (secondary N) is 1.